The first kappa shape index (κ1) is 16.6. The number of aryl methyl sites for hydroxylation is 2. The van der Waals surface area contributed by atoms with Crippen LogP contribution < -0.4 is 11.5 Å². The second-order valence-electron chi connectivity index (χ2n) is 4.53. The minimum Gasteiger partial charge on any atom is -0.384 e. The molecule has 0 aliphatic heterocycles. The maximum absolute atomic E-state index is 5.69. The van der Waals surface area contributed by atoms with E-state index in [4.69, 9.17) is 11.5 Å². The number of hydrogen-bond acceptors (Lipinski definition) is 8. The number of nitrogen functional groups attached to an aromatic ring is 2. The Morgan fingerprint density at radius 3 is 1.59 bits per heavy atom. The van der Waals surface area contributed by atoms with Gasteiger partial charge in [0.25, 0.3) is 0 Å². The van der Waals surface area contributed by atoms with Crippen LogP contribution in [0, 0.1) is 13.8 Å². The first-order valence-electron chi connectivity index (χ1n) is 6.66. The number of hydrogen-bond donors (Lipinski definition) is 2. The van der Waals surface area contributed by atoms with Crippen molar-refractivity contribution in [1.29, 1.82) is 0 Å². The van der Waals surface area contributed by atoms with Crippen LogP contribution in [0.1, 0.15) is 11.4 Å². The molecule has 0 atom stereocenters. The molecule has 0 radical (unpaired) electrons. The number of aromatic nitrogens is 4. The van der Waals surface area contributed by atoms with Gasteiger partial charge in [0.15, 0.2) is 10.3 Å². The molecule has 0 saturated heterocycles. The molecule has 0 unspecified atom stereocenters. The van der Waals surface area contributed by atoms with Gasteiger partial charge in [-0.3, -0.25) is 0 Å². The molecule has 2 heterocycles. The molecule has 0 aliphatic carbocycles. The van der Waals surface area contributed by atoms with Gasteiger partial charge in [0.05, 0.1) is 0 Å². The van der Waals surface area contributed by atoms with E-state index in [2.05, 4.69) is 32.1 Å². The average Bonchev–Trinajstić information content (AvgIpc) is 2.40. The summed E-state index contributed by atoms with van der Waals surface area (Å²) in [6.07, 6.45) is 4.14. The Morgan fingerprint density at radius 2 is 1.23 bits per heavy atom. The van der Waals surface area contributed by atoms with Crippen molar-refractivity contribution in [3.05, 3.63) is 35.7 Å². The van der Waals surface area contributed by atoms with Crippen LogP contribution in [-0.2, 0) is 0 Å². The summed E-state index contributed by atoms with van der Waals surface area (Å²) >= 11 is 3.10. The van der Waals surface area contributed by atoms with Crippen molar-refractivity contribution in [3.63, 3.8) is 0 Å². The van der Waals surface area contributed by atoms with Crippen molar-refractivity contribution in [3.8, 4) is 0 Å². The molecule has 22 heavy (non-hydrogen) atoms. The lowest BCUT2D eigenvalue weighted by atomic mass is 10.4. The summed E-state index contributed by atoms with van der Waals surface area (Å²) in [5.41, 5.74) is 13.1. The van der Waals surface area contributed by atoms with Gasteiger partial charge < -0.3 is 11.5 Å². The maximum Gasteiger partial charge on any atom is 0.190 e. The van der Waals surface area contributed by atoms with E-state index in [-0.39, 0.29) is 0 Å². The highest BCUT2D eigenvalue weighted by Gasteiger charge is 2.00. The van der Waals surface area contributed by atoms with E-state index in [1.54, 1.807) is 35.7 Å². The van der Waals surface area contributed by atoms with Crippen molar-refractivity contribution in [2.45, 2.75) is 24.2 Å². The van der Waals surface area contributed by atoms with E-state index in [1.165, 1.54) is 0 Å². The topological polar surface area (TPSA) is 104 Å². The number of anilines is 2. The van der Waals surface area contributed by atoms with Crippen LogP contribution >= 0.6 is 23.5 Å². The van der Waals surface area contributed by atoms with Gasteiger partial charge in [0.1, 0.15) is 11.6 Å². The van der Waals surface area contributed by atoms with Crippen LogP contribution in [0.3, 0.4) is 0 Å². The van der Waals surface area contributed by atoms with Crippen LogP contribution in [0.2, 0.25) is 0 Å². The highest BCUT2D eigenvalue weighted by molar-refractivity contribution is 7.99. The van der Waals surface area contributed by atoms with E-state index >= 15 is 0 Å². The quantitative estimate of drug-likeness (QED) is 0.472. The van der Waals surface area contributed by atoms with E-state index in [0.29, 0.717) is 21.9 Å². The zero-order chi connectivity index (χ0) is 15.9. The average molecular weight is 334 g/mol. The molecule has 2 aromatic rings. The fraction of sp³-hybridized carbons (Fsp3) is 0.286. The largest absolute Gasteiger partial charge is 0.384 e. The zero-order valence-corrected chi connectivity index (χ0v) is 14.1. The van der Waals surface area contributed by atoms with Crippen molar-refractivity contribution in [2.75, 3.05) is 23.0 Å². The van der Waals surface area contributed by atoms with Gasteiger partial charge in [-0.2, -0.15) is 0 Å². The summed E-state index contributed by atoms with van der Waals surface area (Å²) < 4.78 is 0. The third kappa shape index (κ3) is 5.53. The van der Waals surface area contributed by atoms with E-state index < -0.39 is 0 Å². The predicted molar refractivity (Wildman–Crippen MR) is 93.0 cm³/mol. The minimum absolute atomic E-state index is 0.503. The molecule has 0 aromatic carbocycles. The molecule has 0 fully saturated rings. The summed E-state index contributed by atoms with van der Waals surface area (Å²) in [6.45, 7) is 3.81. The number of rotatable bonds is 6. The van der Waals surface area contributed by atoms with Crippen molar-refractivity contribution < 1.29 is 0 Å². The normalized spacial score (nSPS) is 11.2. The number of nitrogens with zero attached hydrogens (tertiary/aromatic N) is 4. The van der Waals surface area contributed by atoms with Gasteiger partial charge in [0, 0.05) is 35.0 Å². The van der Waals surface area contributed by atoms with E-state index in [9.17, 15) is 0 Å². The highest BCUT2D eigenvalue weighted by Crippen LogP contribution is 2.17. The standard InChI is InChI=1S/C14H18N6S2/c1-9-7-11(15)19-13(17-9)21-5-3-4-6-22-14-18-10(2)8-12(16)20-14/h3-4,7-8H,5-6H2,1-2H3,(H2,15,17,19)(H2,16,18,20)/b4-3+. The van der Waals surface area contributed by atoms with Crippen LogP contribution in [-0.4, -0.2) is 31.4 Å². The molecule has 2 aromatic heterocycles. The molecule has 0 spiro atoms. The van der Waals surface area contributed by atoms with Crippen molar-refractivity contribution >= 4 is 35.2 Å². The Bertz CT molecular complexity index is 576. The van der Waals surface area contributed by atoms with E-state index in [1.807, 2.05) is 13.8 Å². The van der Waals surface area contributed by atoms with Gasteiger partial charge >= 0.3 is 0 Å². The second kappa shape index (κ2) is 8.00. The molecule has 8 heteroatoms. The number of nitrogens with two attached hydrogens (primary N) is 2. The van der Waals surface area contributed by atoms with Gasteiger partial charge in [-0.25, -0.2) is 19.9 Å². The number of thioether (sulfide) groups is 2. The molecule has 0 amide bonds. The molecule has 0 bridgehead atoms. The summed E-state index contributed by atoms with van der Waals surface area (Å²) in [7, 11) is 0. The molecule has 2 rings (SSSR count). The molecule has 4 N–H and O–H groups in total. The Morgan fingerprint density at radius 1 is 0.818 bits per heavy atom. The molecular formula is C14H18N6S2. The summed E-state index contributed by atoms with van der Waals surface area (Å²) in [4.78, 5) is 17.0. The van der Waals surface area contributed by atoms with Gasteiger partial charge in [-0.05, 0) is 13.8 Å². The van der Waals surface area contributed by atoms with Gasteiger partial charge in [0.2, 0.25) is 0 Å². The van der Waals surface area contributed by atoms with Crippen LogP contribution in [0.25, 0.3) is 0 Å². The van der Waals surface area contributed by atoms with Crippen LogP contribution in [0.4, 0.5) is 11.6 Å². The molecule has 0 aliphatic rings. The molecule has 6 nitrogen and oxygen atoms in total. The van der Waals surface area contributed by atoms with E-state index in [0.717, 1.165) is 22.9 Å². The lowest BCUT2D eigenvalue weighted by molar-refractivity contribution is 0.941. The first-order valence-corrected chi connectivity index (χ1v) is 8.63. The lowest BCUT2D eigenvalue weighted by Crippen LogP contribution is -1.97. The summed E-state index contributed by atoms with van der Waals surface area (Å²) in [5.74, 6) is 2.59. The fourth-order valence-corrected chi connectivity index (χ4v) is 3.16. The molecule has 0 saturated carbocycles. The van der Waals surface area contributed by atoms with Crippen LogP contribution in [0.15, 0.2) is 34.6 Å². The van der Waals surface area contributed by atoms with Crippen LogP contribution in [0.5, 0.6) is 0 Å². The monoisotopic (exact) mass is 334 g/mol. The third-order valence-corrected chi connectivity index (χ3v) is 4.09. The molecule has 116 valence electrons. The summed E-state index contributed by atoms with van der Waals surface area (Å²) in [6, 6.07) is 3.51. The van der Waals surface area contributed by atoms with Gasteiger partial charge in [-0.15, -0.1) is 0 Å². The Labute approximate surface area is 138 Å². The lowest BCUT2D eigenvalue weighted by Gasteiger charge is -2.01. The fourth-order valence-electron chi connectivity index (χ4n) is 1.64. The SMILES string of the molecule is Cc1cc(N)nc(SC/C=C/CSc2nc(C)cc(N)n2)n1. The predicted octanol–water partition coefficient (Wildman–Crippen LogP) is 2.49. The second-order valence-corrected chi connectivity index (χ2v) is 6.50. The Balaban J connectivity index is 1.76. The minimum atomic E-state index is 0.503. The maximum atomic E-state index is 5.69. The smallest absolute Gasteiger partial charge is 0.190 e. The zero-order valence-electron chi connectivity index (χ0n) is 12.5. The van der Waals surface area contributed by atoms with Crippen molar-refractivity contribution in [2.24, 2.45) is 0 Å². The molecular weight excluding hydrogens is 316 g/mol. The first-order chi connectivity index (χ1) is 10.5. The van der Waals surface area contributed by atoms with Crippen molar-refractivity contribution in [1.82, 2.24) is 19.9 Å². The summed E-state index contributed by atoms with van der Waals surface area (Å²) in [5, 5.41) is 1.40. The Hall–Kier alpha value is -1.80. The highest BCUT2D eigenvalue weighted by atomic mass is 32.2. The third-order valence-electron chi connectivity index (χ3n) is 2.49. The Kier molecular flexibility index (Phi) is 6.02. The van der Waals surface area contributed by atoms with Gasteiger partial charge in [-0.1, -0.05) is 35.7 Å².